The second-order valence-corrected chi connectivity index (χ2v) is 5.68. The van der Waals surface area contributed by atoms with Gasteiger partial charge in [-0.3, -0.25) is 4.90 Å². The third kappa shape index (κ3) is 2.29. The minimum Gasteiger partial charge on any atom is -0.378 e. The highest BCUT2D eigenvalue weighted by Gasteiger charge is 2.34. The Morgan fingerprint density at radius 3 is 2.90 bits per heavy atom. The standard InChI is InChI=1S/C15H19N5/c1-3-14(15(16-7-1)20-9-2-8-17-20)18-12-6-10-19(11-12)13-4-5-13/h1-3,7-9,12-13,18H,4-6,10-11H2. The molecular formula is C15H19N5. The summed E-state index contributed by atoms with van der Waals surface area (Å²) in [5.74, 6) is 0.877. The lowest BCUT2D eigenvalue weighted by Crippen LogP contribution is -2.28. The van der Waals surface area contributed by atoms with Crippen molar-refractivity contribution >= 4 is 5.69 Å². The molecule has 0 aromatic carbocycles. The van der Waals surface area contributed by atoms with Crippen LogP contribution < -0.4 is 5.32 Å². The molecule has 0 spiro atoms. The van der Waals surface area contributed by atoms with Crippen molar-refractivity contribution < 1.29 is 0 Å². The predicted octanol–water partition coefficient (Wildman–Crippen LogP) is 1.92. The maximum Gasteiger partial charge on any atom is 0.176 e. The molecule has 1 saturated heterocycles. The summed E-state index contributed by atoms with van der Waals surface area (Å²) in [6.07, 6.45) is 9.51. The molecule has 3 heterocycles. The molecule has 1 aliphatic heterocycles. The summed E-state index contributed by atoms with van der Waals surface area (Å²) >= 11 is 0. The zero-order chi connectivity index (χ0) is 13.4. The third-order valence-electron chi connectivity index (χ3n) is 4.15. The van der Waals surface area contributed by atoms with Crippen molar-refractivity contribution in [3.05, 3.63) is 36.8 Å². The molecule has 4 rings (SSSR count). The SMILES string of the molecule is c1cnc(-n2cccn2)c(NC2CCN(C3CC3)C2)c1. The van der Waals surface area contributed by atoms with E-state index in [1.165, 1.54) is 25.8 Å². The number of rotatable bonds is 4. The molecule has 2 aliphatic rings. The number of nitrogens with zero attached hydrogens (tertiary/aromatic N) is 4. The van der Waals surface area contributed by atoms with E-state index in [9.17, 15) is 0 Å². The van der Waals surface area contributed by atoms with Gasteiger partial charge in [0.05, 0.1) is 5.69 Å². The highest BCUT2D eigenvalue weighted by molar-refractivity contribution is 5.57. The fourth-order valence-electron chi connectivity index (χ4n) is 2.98. The van der Waals surface area contributed by atoms with E-state index in [-0.39, 0.29) is 0 Å². The van der Waals surface area contributed by atoms with Gasteiger partial charge in [-0.05, 0) is 37.5 Å². The number of hydrogen-bond acceptors (Lipinski definition) is 4. The Balaban J connectivity index is 1.51. The quantitative estimate of drug-likeness (QED) is 0.921. The smallest absolute Gasteiger partial charge is 0.176 e. The molecule has 0 amide bonds. The van der Waals surface area contributed by atoms with Crippen molar-refractivity contribution in [2.45, 2.75) is 31.3 Å². The first-order valence-corrected chi connectivity index (χ1v) is 7.36. The average molecular weight is 269 g/mol. The summed E-state index contributed by atoms with van der Waals surface area (Å²) in [7, 11) is 0. The van der Waals surface area contributed by atoms with Crippen LogP contribution in [0.25, 0.3) is 5.82 Å². The molecule has 1 atom stereocenters. The second kappa shape index (κ2) is 4.90. The van der Waals surface area contributed by atoms with Crippen LogP contribution in [0.1, 0.15) is 19.3 Å². The molecule has 1 aliphatic carbocycles. The Hall–Kier alpha value is -1.88. The summed E-state index contributed by atoms with van der Waals surface area (Å²) in [5.41, 5.74) is 1.07. The van der Waals surface area contributed by atoms with E-state index < -0.39 is 0 Å². The van der Waals surface area contributed by atoms with E-state index in [2.05, 4.69) is 26.4 Å². The van der Waals surface area contributed by atoms with E-state index in [1.807, 2.05) is 29.2 Å². The Kier molecular flexibility index (Phi) is 2.92. The van der Waals surface area contributed by atoms with E-state index >= 15 is 0 Å². The topological polar surface area (TPSA) is 46.0 Å². The van der Waals surface area contributed by atoms with Crippen LogP contribution in [-0.4, -0.2) is 44.8 Å². The zero-order valence-corrected chi connectivity index (χ0v) is 11.4. The van der Waals surface area contributed by atoms with E-state index in [4.69, 9.17) is 0 Å². The van der Waals surface area contributed by atoms with Crippen LogP contribution in [0.4, 0.5) is 5.69 Å². The summed E-state index contributed by atoms with van der Waals surface area (Å²) < 4.78 is 1.82. The Morgan fingerprint density at radius 1 is 1.15 bits per heavy atom. The summed E-state index contributed by atoms with van der Waals surface area (Å²) in [5, 5.41) is 7.92. The van der Waals surface area contributed by atoms with Crippen LogP contribution in [0.5, 0.6) is 0 Å². The maximum absolute atomic E-state index is 4.45. The molecule has 5 heteroatoms. The van der Waals surface area contributed by atoms with E-state index in [1.54, 1.807) is 6.20 Å². The number of anilines is 1. The van der Waals surface area contributed by atoms with Gasteiger partial charge in [0, 0.05) is 43.8 Å². The third-order valence-corrected chi connectivity index (χ3v) is 4.15. The van der Waals surface area contributed by atoms with Crippen LogP contribution in [0.2, 0.25) is 0 Å². The van der Waals surface area contributed by atoms with E-state index in [0.717, 1.165) is 24.1 Å². The van der Waals surface area contributed by atoms with Gasteiger partial charge in [-0.15, -0.1) is 0 Å². The van der Waals surface area contributed by atoms with Gasteiger partial charge < -0.3 is 5.32 Å². The Morgan fingerprint density at radius 2 is 2.10 bits per heavy atom. The number of pyridine rings is 1. The Labute approximate surface area is 118 Å². The number of aromatic nitrogens is 3. The molecule has 2 aromatic heterocycles. The first-order valence-electron chi connectivity index (χ1n) is 7.36. The van der Waals surface area contributed by atoms with Crippen molar-refractivity contribution in [3.8, 4) is 5.82 Å². The highest BCUT2D eigenvalue weighted by atomic mass is 15.3. The van der Waals surface area contributed by atoms with Crippen molar-refractivity contribution in [3.63, 3.8) is 0 Å². The van der Waals surface area contributed by atoms with Crippen molar-refractivity contribution in [2.24, 2.45) is 0 Å². The fraction of sp³-hybridized carbons (Fsp3) is 0.467. The second-order valence-electron chi connectivity index (χ2n) is 5.68. The van der Waals surface area contributed by atoms with Gasteiger partial charge in [0.15, 0.2) is 5.82 Å². The van der Waals surface area contributed by atoms with Gasteiger partial charge in [-0.1, -0.05) is 0 Å². The van der Waals surface area contributed by atoms with Crippen LogP contribution in [-0.2, 0) is 0 Å². The van der Waals surface area contributed by atoms with Gasteiger partial charge in [-0.25, -0.2) is 9.67 Å². The summed E-state index contributed by atoms with van der Waals surface area (Å²) in [6, 6.07) is 7.37. The van der Waals surface area contributed by atoms with Gasteiger partial charge >= 0.3 is 0 Å². The minimum absolute atomic E-state index is 0.522. The minimum atomic E-state index is 0.522. The number of hydrogen-bond donors (Lipinski definition) is 1. The van der Waals surface area contributed by atoms with Crippen molar-refractivity contribution in [1.82, 2.24) is 19.7 Å². The highest BCUT2D eigenvalue weighted by Crippen LogP contribution is 2.31. The maximum atomic E-state index is 4.45. The molecule has 2 fully saturated rings. The number of likely N-dealkylation sites (tertiary alicyclic amines) is 1. The zero-order valence-electron chi connectivity index (χ0n) is 11.4. The Bertz CT molecular complexity index is 576. The molecule has 2 aromatic rings. The molecule has 0 bridgehead atoms. The molecule has 0 radical (unpaired) electrons. The molecule has 5 nitrogen and oxygen atoms in total. The average Bonchev–Trinajstić information content (AvgIpc) is 3.00. The largest absolute Gasteiger partial charge is 0.378 e. The number of nitrogens with one attached hydrogen (secondary N) is 1. The predicted molar refractivity (Wildman–Crippen MR) is 78.0 cm³/mol. The summed E-state index contributed by atoms with van der Waals surface area (Å²) in [6.45, 7) is 2.37. The van der Waals surface area contributed by atoms with Crippen molar-refractivity contribution in [2.75, 3.05) is 18.4 Å². The molecule has 104 valence electrons. The van der Waals surface area contributed by atoms with Crippen LogP contribution in [0.3, 0.4) is 0 Å². The lowest BCUT2D eigenvalue weighted by atomic mass is 10.2. The van der Waals surface area contributed by atoms with Gasteiger partial charge in [-0.2, -0.15) is 5.10 Å². The molecule has 1 N–H and O–H groups in total. The normalized spacial score (nSPS) is 23.1. The summed E-state index contributed by atoms with van der Waals surface area (Å²) in [4.78, 5) is 7.07. The molecule has 1 saturated carbocycles. The lowest BCUT2D eigenvalue weighted by Gasteiger charge is -2.18. The van der Waals surface area contributed by atoms with Crippen LogP contribution >= 0.6 is 0 Å². The van der Waals surface area contributed by atoms with Crippen molar-refractivity contribution in [1.29, 1.82) is 0 Å². The van der Waals surface area contributed by atoms with Crippen LogP contribution in [0.15, 0.2) is 36.8 Å². The van der Waals surface area contributed by atoms with E-state index in [0.29, 0.717) is 6.04 Å². The van der Waals surface area contributed by atoms with Gasteiger partial charge in [0.1, 0.15) is 0 Å². The molecule has 20 heavy (non-hydrogen) atoms. The first kappa shape index (κ1) is 11.9. The first-order chi connectivity index (χ1) is 9.90. The molecule has 1 unspecified atom stereocenters. The monoisotopic (exact) mass is 269 g/mol. The van der Waals surface area contributed by atoms with Crippen LogP contribution in [0, 0.1) is 0 Å². The van der Waals surface area contributed by atoms with Gasteiger partial charge in [0.2, 0.25) is 0 Å². The fourth-order valence-corrected chi connectivity index (χ4v) is 2.98. The lowest BCUT2D eigenvalue weighted by molar-refractivity contribution is 0.326. The molecular weight excluding hydrogens is 250 g/mol. The van der Waals surface area contributed by atoms with Gasteiger partial charge in [0.25, 0.3) is 0 Å².